The van der Waals surface area contributed by atoms with Gasteiger partial charge in [-0.05, 0) is 38.7 Å². The summed E-state index contributed by atoms with van der Waals surface area (Å²) >= 11 is 0. The van der Waals surface area contributed by atoms with Crippen molar-refractivity contribution in [1.29, 1.82) is 0 Å². The Labute approximate surface area is 79.3 Å². The van der Waals surface area contributed by atoms with Gasteiger partial charge in [-0.25, -0.2) is 4.79 Å². The molecule has 2 nitrogen and oxygen atoms in total. The topological polar surface area (TPSA) is 26.3 Å². The van der Waals surface area contributed by atoms with Crippen LogP contribution >= 0.6 is 0 Å². The number of carbonyl (C=O) groups is 1. The van der Waals surface area contributed by atoms with Crippen LogP contribution in [-0.2, 0) is 9.53 Å². The molecule has 0 saturated heterocycles. The highest BCUT2D eigenvalue weighted by atomic mass is 16.5. The lowest BCUT2D eigenvalue weighted by atomic mass is 9.93. The van der Waals surface area contributed by atoms with Crippen molar-refractivity contribution >= 4 is 5.97 Å². The van der Waals surface area contributed by atoms with Crippen molar-refractivity contribution in [3.05, 3.63) is 23.3 Å². The monoisotopic (exact) mass is 180 g/mol. The Morgan fingerprint density at radius 3 is 3.08 bits per heavy atom. The Morgan fingerprint density at radius 2 is 2.46 bits per heavy atom. The molecular weight excluding hydrogens is 164 g/mol. The number of hydrogen-bond acceptors (Lipinski definition) is 2. The summed E-state index contributed by atoms with van der Waals surface area (Å²) in [7, 11) is 0. The lowest BCUT2D eigenvalue weighted by Crippen LogP contribution is -2.11. The molecule has 0 unspecified atom stereocenters. The van der Waals surface area contributed by atoms with Crippen molar-refractivity contribution in [3.63, 3.8) is 0 Å². The number of allylic oxidation sites excluding steroid dienone is 2. The molecule has 0 radical (unpaired) electrons. The minimum atomic E-state index is -0.171. The van der Waals surface area contributed by atoms with Gasteiger partial charge in [-0.15, -0.1) is 0 Å². The SMILES string of the molecule is C/C=C1/CCCC=C1C(=O)OCC. The molecule has 0 aromatic carbocycles. The summed E-state index contributed by atoms with van der Waals surface area (Å²) in [5, 5.41) is 0. The normalized spacial score (nSPS) is 19.8. The summed E-state index contributed by atoms with van der Waals surface area (Å²) in [6.07, 6.45) is 7.12. The van der Waals surface area contributed by atoms with E-state index in [0.717, 1.165) is 30.4 Å². The van der Waals surface area contributed by atoms with E-state index in [4.69, 9.17) is 4.74 Å². The van der Waals surface area contributed by atoms with Gasteiger partial charge >= 0.3 is 5.97 Å². The van der Waals surface area contributed by atoms with Crippen LogP contribution in [0.15, 0.2) is 23.3 Å². The largest absolute Gasteiger partial charge is 0.462 e. The average Bonchev–Trinajstić information content (AvgIpc) is 2.18. The Hall–Kier alpha value is -1.05. The molecule has 1 rings (SSSR count). The van der Waals surface area contributed by atoms with E-state index in [1.807, 2.05) is 26.0 Å². The molecule has 0 bridgehead atoms. The third-order valence-electron chi connectivity index (χ3n) is 2.19. The first-order chi connectivity index (χ1) is 6.29. The highest BCUT2D eigenvalue weighted by Crippen LogP contribution is 2.24. The molecule has 0 N–H and O–H groups in total. The zero-order valence-electron chi connectivity index (χ0n) is 8.30. The number of rotatable bonds is 2. The van der Waals surface area contributed by atoms with Gasteiger partial charge in [0.25, 0.3) is 0 Å². The average molecular weight is 180 g/mol. The molecule has 0 aromatic rings. The summed E-state index contributed by atoms with van der Waals surface area (Å²) in [6.45, 7) is 4.25. The molecule has 0 saturated carbocycles. The third kappa shape index (κ3) is 2.44. The fourth-order valence-electron chi connectivity index (χ4n) is 1.53. The Morgan fingerprint density at radius 1 is 1.69 bits per heavy atom. The van der Waals surface area contributed by atoms with Crippen LogP contribution in [0.2, 0.25) is 0 Å². The molecule has 0 amide bonds. The maximum absolute atomic E-state index is 11.4. The van der Waals surface area contributed by atoms with Gasteiger partial charge in [-0.3, -0.25) is 0 Å². The molecule has 1 aliphatic carbocycles. The maximum Gasteiger partial charge on any atom is 0.338 e. The molecule has 0 fully saturated rings. The second kappa shape index (κ2) is 4.85. The summed E-state index contributed by atoms with van der Waals surface area (Å²) in [5.74, 6) is -0.171. The van der Waals surface area contributed by atoms with Gasteiger partial charge in [0.15, 0.2) is 0 Å². The van der Waals surface area contributed by atoms with Crippen LogP contribution < -0.4 is 0 Å². The van der Waals surface area contributed by atoms with E-state index in [-0.39, 0.29) is 5.97 Å². The zero-order chi connectivity index (χ0) is 9.68. The van der Waals surface area contributed by atoms with Gasteiger partial charge in [-0.1, -0.05) is 12.2 Å². The molecule has 0 heterocycles. The second-order valence-electron chi connectivity index (χ2n) is 3.04. The summed E-state index contributed by atoms with van der Waals surface area (Å²) in [6, 6.07) is 0. The van der Waals surface area contributed by atoms with Gasteiger partial charge in [0.05, 0.1) is 12.2 Å². The van der Waals surface area contributed by atoms with E-state index in [9.17, 15) is 4.79 Å². The van der Waals surface area contributed by atoms with Gasteiger partial charge in [0.2, 0.25) is 0 Å². The summed E-state index contributed by atoms with van der Waals surface area (Å²) in [4.78, 5) is 11.4. The van der Waals surface area contributed by atoms with Crippen molar-refractivity contribution < 1.29 is 9.53 Å². The molecule has 2 heteroatoms. The lowest BCUT2D eigenvalue weighted by molar-refractivity contribution is -0.138. The smallest absolute Gasteiger partial charge is 0.338 e. The van der Waals surface area contributed by atoms with E-state index in [2.05, 4.69) is 0 Å². The van der Waals surface area contributed by atoms with Gasteiger partial charge in [-0.2, -0.15) is 0 Å². The summed E-state index contributed by atoms with van der Waals surface area (Å²) < 4.78 is 4.97. The van der Waals surface area contributed by atoms with Gasteiger partial charge < -0.3 is 4.74 Å². The molecule has 72 valence electrons. The Bertz CT molecular complexity index is 249. The molecule has 0 spiro atoms. The van der Waals surface area contributed by atoms with Crippen LogP contribution in [0.25, 0.3) is 0 Å². The fourth-order valence-corrected chi connectivity index (χ4v) is 1.53. The van der Waals surface area contributed by atoms with Crippen molar-refractivity contribution in [2.24, 2.45) is 0 Å². The summed E-state index contributed by atoms with van der Waals surface area (Å²) in [5.41, 5.74) is 1.90. The molecule has 13 heavy (non-hydrogen) atoms. The molecule has 0 aliphatic heterocycles. The van der Waals surface area contributed by atoms with Gasteiger partial charge in [0.1, 0.15) is 0 Å². The second-order valence-corrected chi connectivity index (χ2v) is 3.04. The van der Waals surface area contributed by atoms with Crippen molar-refractivity contribution in [3.8, 4) is 0 Å². The van der Waals surface area contributed by atoms with E-state index in [1.165, 1.54) is 0 Å². The highest BCUT2D eigenvalue weighted by molar-refractivity contribution is 5.93. The van der Waals surface area contributed by atoms with Crippen LogP contribution in [0.5, 0.6) is 0 Å². The van der Waals surface area contributed by atoms with E-state index in [1.54, 1.807) is 0 Å². The molecular formula is C11H16O2. The minimum Gasteiger partial charge on any atom is -0.462 e. The Balaban J connectivity index is 2.75. The lowest BCUT2D eigenvalue weighted by Gasteiger charge is -2.14. The first-order valence-electron chi connectivity index (χ1n) is 4.82. The number of carbonyl (C=O) groups excluding carboxylic acids is 1. The quantitative estimate of drug-likeness (QED) is 0.610. The standard InChI is InChI=1S/C11H16O2/c1-3-9-7-5-6-8-10(9)11(12)13-4-2/h3,8H,4-7H2,1-2H3/b9-3-. The zero-order valence-corrected chi connectivity index (χ0v) is 8.30. The van der Waals surface area contributed by atoms with Crippen molar-refractivity contribution in [2.75, 3.05) is 6.61 Å². The van der Waals surface area contributed by atoms with E-state index < -0.39 is 0 Å². The van der Waals surface area contributed by atoms with Crippen LogP contribution in [0.4, 0.5) is 0 Å². The maximum atomic E-state index is 11.4. The number of hydrogen-bond donors (Lipinski definition) is 0. The molecule has 1 aliphatic rings. The van der Waals surface area contributed by atoms with Gasteiger partial charge in [0, 0.05) is 0 Å². The number of esters is 1. The first-order valence-corrected chi connectivity index (χ1v) is 4.82. The van der Waals surface area contributed by atoms with Crippen molar-refractivity contribution in [1.82, 2.24) is 0 Å². The van der Waals surface area contributed by atoms with Crippen molar-refractivity contribution in [2.45, 2.75) is 33.1 Å². The fraction of sp³-hybridized carbons (Fsp3) is 0.545. The molecule has 0 atom stereocenters. The van der Waals surface area contributed by atoms with E-state index >= 15 is 0 Å². The first kappa shape index (κ1) is 10.0. The predicted octanol–water partition coefficient (Wildman–Crippen LogP) is 2.61. The molecule has 0 aromatic heterocycles. The highest BCUT2D eigenvalue weighted by Gasteiger charge is 2.17. The predicted molar refractivity (Wildman–Crippen MR) is 52.3 cm³/mol. The van der Waals surface area contributed by atoms with Crippen LogP contribution in [0, 0.1) is 0 Å². The van der Waals surface area contributed by atoms with Crippen LogP contribution in [-0.4, -0.2) is 12.6 Å². The number of ether oxygens (including phenoxy) is 1. The van der Waals surface area contributed by atoms with Crippen LogP contribution in [0.1, 0.15) is 33.1 Å². The Kier molecular flexibility index (Phi) is 3.74. The van der Waals surface area contributed by atoms with Crippen LogP contribution in [0.3, 0.4) is 0 Å². The van der Waals surface area contributed by atoms with E-state index in [0.29, 0.717) is 6.61 Å². The third-order valence-corrected chi connectivity index (χ3v) is 2.19. The minimum absolute atomic E-state index is 0.171.